The van der Waals surface area contributed by atoms with Crippen LogP contribution in [0, 0.1) is 5.92 Å². The number of hydrazine groups is 1. The third-order valence-electron chi connectivity index (χ3n) is 3.39. The highest BCUT2D eigenvalue weighted by molar-refractivity contribution is 5.73. The lowest BCUT2D eigenvalue weighted by Crippen LogP contribution is -2.61. The number of carboxylic acid groups (broad SMARTS) is 1. The van der Waals surface area contributed by atoms with Crippen LogP contribution in [-0.2, 0) is 4.79 Å². The number of fused-ring (bicyclic) bond motifs is 2. The van der Waals surface area contributed by atoms with Crippen LogP contribution in [0.4, 0.5) is 0 Å². The van der Waals surface area contributed by atoms with E-state index in [2.05, 4.69) is 30.8 Å². The van der Waals surface area contributed by atoms with Gasteiger partial charge in [0, 0.05) is 18.6 Å². The van der Waals surface area contributed by atoms with Gasteiger partial charge in [-0.25, -0.2) is 10.0 Å². The summed E-state index contributed by atoms with van der Waals surface area (Å²) >= 11 is 0. The van der Waals surface area contributed by atoms with E-state index in [0.29, 0.717) is 5.92 Å². The maximum Gasteiger partial charge on any atom is 0.322 e. The molecule has 2 aliphatic heterocycles. The SMILES string of the molecule is CC(C)(C)N1[C@@H](C(=O)O)C[C@H]2CCN1C2. The van der Waals surface area contributed by atoms with Crippen molar-refractivity contribution in [3.05, 3.63) is 0 Å². The Kier molecular flexibility index (Phi) is 2.51. The summed E-state index contributed by atoms with van der Waals surface area (Å²) in [6, 6.07) is -0.328. The predicted octanol–water partition coefficient (Wildman–Crippen LogP) is 1.18. The molecule has 2 saturated heterocycles. The summed E-state index contributed by atoms with van der Waals surface area (Å²) in [5.74, 6) is -0.0915. The van der Waals surface area contributed by atoms with E-state index >= 15 is 0 Å². The van der Waals surface area contributed by atoms with Crippen molar-refractivity contribution in [3.8, 4) is 0 Å². The van der Waals surface area contributed by atoms with Crippen molar-refractivity contribution < 1.29 is 9.90 Å². The zero-order valence-corrected chi connectivity index (χ0v) is 9.73. The normalized spacial score (nSPS) is 36.9. The maximum absolute atomic E-state index is 11.3. The van der Waals surface area contributed by atoms with E-state index in [1.807, 2.05) is 0 Å². The number of rotatable bonds is 1. The van der Waals surface area contributed by atoms with E-state index in [1.54, 1.807) is 0 Å². The first-order chi connectivity index (χ1) is 6.89. The monoisotopic (exact) mass is 212 g/mol. The zero-order valence-electron chi connectivity index (χ0n) is 9.73. The molecular formula is C11H20N2O2. The molecule has 0 saturated carbocycles. The number of hydrogen-bond donors (Lipinski definition) is 1. The van der Waals surface area contributed by atoms with Crippen molar-refractivity contribution in [2.24, 2.45) is 5.92 Å². The lowest BCUT2D eigenvalue weighted by atomic mass is 9.94. The Bertz CT molecular complexity index is 272. The average Bonchev–Trinajstić information content (AvgIpc) is 2.44. The number of carbonyl (C=O) groups is 1. The van der Waals surface area contributed by atoms with Crippen molar-refractivity contribution in [2.45, 2.75) is 45.2 Å². The molecule has 0 aliphatic carbocycles. The molecule has 0 spiro atoms. The van der Waals surface area contributed by atoms with E-state index in [4.69, 9.17) is 0 Å². The van der Waals surface area contributed by atoms with Gasteiger partial charge in [-0.05, 0) is 39.5 Å². The van der Waals surface area contributed by atoms with Crippen molar-refractivity contribution >= 4 is 5.97 Å². The second kappa shape index (κ2) is 3.46. The molecule has 86 valence electrons. The van der Waals surface area contributed by atoms with E-state index < -0.39 is 5.97 Å². The van der Waals surface area contributed by atoms with E-state index in [-0.39, 0.29) is 11.6 Å². The van der Waals surface area contributed by atoms with Crippen LogP contribution in [-0.4, -0.2) is 45.8 Å². The van der Waals surface area contributed by atoms with Gasteiger partial charge in [-0.2, -0.15) is 0 Å². The van der Waals surface area contributed by atoms with Crippen molar-refractivity contribution in [3.63, 3.8) is 0 Å². The van der Waals surface area contributed by atoms with Gasteiger partial charge in [-0.1, -0.05) is 0 Å². The van der Waals surface area contributed by atoms with Gasteiger partial charge < -0.3 is 5.11 Å². The Morgan fingerprint density at radius 2 is 2.07 bits per heavy atom. The molecule has 0 aromatic carbocycles. The number of carboxylic acids is 1. The predicted molar refractivity (Wildman–Crippen MR) is 57.3 cm³/mol. The molecule has 2 heterocycles. The smallest absolute Gasteiger partial charge is 0.322 e. The second-order valence-corrected chi connectivity index (χ2v) is 5.67. The number of aliphatic carboxylic acids is 1. The standard InChI is InChI=1S/C11H20N2O2/c1-11(2,3)13-9(10(14)15)6-8-4-5-12(13)7-8/h8-9H,4-7H2,1-3H3,(H,14,15)/t8-,9-/m1/s1. The first kappa shape index (κ1) is 10.9. The van der Waals surface area contributed by atoms with Gasteiger partial charge in [-0.3, -0.25) is 4.79 Å². The fourth-order valence-corrected chi connectivity index (χ4v) is 2.91. The van der Waals surface area contributed by atoms with Crippen molar-refractivity contribution in [1.29, 1.82) is 0 Å². The summed E-state index contributed by atoms with van der Waals surface area (Å²) in [4.78, 5) is 11.3. The Hall–Kier alpha value is -0.610. The van der Waals surface area contributed by atoms with Crippen molar-refractivity contribution in [2.75, 3.05) is 13.1 Å². The van der Waals surface area contributed by atoms with Crippen LogP contribution in [0.1, 0.15) is 33.6 Å². The molecule has 2 rings (SSSR count). The van der Waals surface area contributed by atoms with Gasteiger partial charge >= 0.3 is 5.97 Å². The van der Waals surface area contributed by atoms with E-state index in [1.165, 1.54) is 0 Å². The molecule has 0 aromatic rings. The molecule has 0 radical (unpaired) electrons. The highest BCUT2D eigenvalue weighted by Gasteiger charge is 2.46. The van der Waals surface area contributed by atoms with Gasteiger partial charge in [0.15, 0.2) is 0 Å². The first-order valence-electron chi connectivity index (χ1n) is 5.66. The van der Waals surface area contributed by atoms with Gasteiger partial charge in [0.1, 0.15) is 6.04 Å². The molecule has 4 heteroatoms. The molecule has 0 amide bonds. The minimum absolute atomic E-state index is 0.0988. The second-order valence-electron chi connectivity index (χ2n) is 5.67. The van der Waals surface area contributed by atoms with Crippen LogP contribution in [0.15, 0.2) is 0 Å². The average molecular weight is 212 g/mol. The molecule has 4 nitrogen and oxygen atoms in total. The summed E-state index contributed by atoms with van der Waals surface area (Å²) in [6.45, 7) is 8.32. The highest BCUT2D eigenvalue weighted by atomic mass is 16.4. The Morgan fingerprint density at radius 1 is 1.40 bits per heavy atom. The van der Waals surface area contributed by atoms with Crippen LogP contribution < -0.4 is 0 Å². The fraction of sp³-hybridized carbons (Fsp3) is 0.909. The molecule has 3 atom stereocenters. The topological polar surface area (TPSA) is 43.8 Å². The quantitative estimate of drug-likeness (QED) is 0.709. The Balaban J connectivity index is 2.25. The van der Waals surface area contributed by atoms with Crippen LogP contribution in [0.3, 0.4) is 0 Å². The summed E-state index contributed by atoms with van der Waals surface area (Å²) in [7, 11) is 0. The number of hydrogen-bond acceptors (Lipinski definition) is 3. The molecule has 1 N–H and O–H groups in total. The summed E-state index contributed by atoms with van der Waals surface area (Å²) in [5.41, 5.74) is -0.0988. The molecule has 2 bridgehead atoms. The third-order valence-corrected chi connectivity index (χ3v) is 3.39. The van der Waals surface area contributed by atoms with Crippen LogP contribution >= 0.6 is 0 Å². The van der Waals surface area contributed by atoms with Gasteiger partial charge in [0.2, 0.25) is 0 Å². The lowest BCUT2D eigenvalue weighted by molar-refractivity contribution is -0.172. The Morgan fingerprint density at radius 3 is 2.60 bits per heavy atom. The highest BCUT2D eigenvalue weighted by Crippen LogP contribution is 2.35. The molecule has 15 heavy (non-hydrogen) atoms. The Labute approximate surface area is 90.8 Å². The third kappa shape index (κ3) is 1.88. The molecule has 0 aromatic heterocycles. The maximum atomic E-state index is 11.3. The van der Waals surface area contributed by atoms with Crippen LogP contribution in [0.25, 0.3) is 0 Å². The zero-order chi connectivity index (χ0) is 11.2. The largest absolute Gasteiger partial charge is 0.480 e. The summed E-state index contributed by atoms with van der Waals surface area (Å²) < 4.78 is 0. The minimum Gasteiger partial charge on any atom is -0.480 e. The summed E-state index contributed by atoms with van der Waals surface area (Å²) in [5, 5.41) is 13.6. The van der Waals surface area contributed by atoms with Gasteiger partial charge in [0.25, 0.3) is 0 Å². The molecule has 2 fully saturated rings. The minimum atomic E-state index is -0.679. The first-order valence-corrected chi connectivity index (χ1v) is 5.66. The lowest BCUT2D eigenvalue weighted by Gasteiger charge is -2.48. The molecule has 2 aliphatic rings. The van der Waals surface area contributed by atoms with Crippen molar-refractivity contribution in [1.82, 2.24) is 10.0 Å². The van der Waals surface area contributed by atoms with Crippen LogP contribution in [0.2, 0.25) is 0 Å². The van der Waals surface area contributed by atoms with Gasteiger partial charge in [0.05, 0.1) is 0 Å². The van der Waals surface area contributed by atoms with Crippen LogP contribution in [0.5, 0.6) is 0 Å². The molecular weight excluding hydrogens is 192 g/mol. The number of nitrogens with zero attached hydrogens (tertiary/aromatic N) is 2. The van der Waals surface area contributed by atoms with E-state index in [0.717, 1.165) is 25.9 Å². The van der Waals surface area contributed by atoms with E-state index in [9.17, 15) is 9.90 Å². The van der Waals surface area contributed by atoms with Gasteiger partial charge in [-0.15, -0.1) is 0 Å². The fourth-order valence-electron chi connectivity index (χ4n) is 2.91. The summed E-state index contributed by atoms with van der Waals surface area (Å²) in [6.07, 6.45) is 1.96. The molecule has 1 unspecified atom stereocenters.